The maximum atomic E-state index is 13.7. The van der Waals surface area contributed by atoms with Gasteiger partial charge < -0.3 is 19.5 Å². The first-order chi connectivity index (χ1) is 25.3. The first-order valence-corrected chi connectivity index (χ1v) is 19.6. The van der Waals surface area contributed by atoms with Gasteiger partial charge >= 0.3 is 0 Å². The molecule has 3 aromatic rings. The van der Waals surface area contributed by atoms with E-state index in [0.717, 1.165) is 24.0 Å². The van der Waals surface area contributed by atoms with E-state index in [4.69, 9.17) is 9.26 Å². The monoisotopic (exact) mass is 734 g/mol. The van der Waals surface area contributed by atoms with Crippen LogP contribution >= 0.6 is 0 Å². The van der Waals surface area contributed by atoms with E-state index >= 15 is 0 Å². The van der Waals surface area contributed by atoms with Crippen molar-refractivity contribution in [3.05, 3.63) is 79.8 Å². The summed E-state index contributed by atoms with van der Waals surface area (Å²) in [5.74, 6) is 0.270. The van der Waals surface area contributed by atoms with Crippen LogP contribution in [0.25, 0.3) is 5.69 Å². The molecule has 0 bridgehead atoms. The number of nitrogens with zero attached hydrogens (tertiary/aromatic N) is 3. The highest BCUT2D eigenvalue weighted by Crippen LogP contribution is 2.30. The third-order valence-electron chi connectivity index (χ3n) is 9.47. The summed E-state index contributed by atoms with van der Waals surface area (Å²) in [7, 11) is 1.71. The van der Waals surface area contributed by atoms with Crippen LogP contribution in [0.3, 0.4) is 0 Å². The van der Waals surface area contributed by atoms with Gasteiger partial charge in [0, 0.05) is 43.2 Å². The Morgan fingerprint density at radius 1 is 0.849 bits per heavy atom. The van der Waals surface area contributed by atoms with Gasteiger partial charge in [-0.3, -0.25) is 24.5 Å². The van der Waals surface area contributed by atoms with E-state index in [1.54, 1.807) is 36.2 Å². The third-order valence-corrected chi connectivity index (χ3v) is 9.47. The molecular formula is C42H62N4O7. The number of amides is 2. The number of anilines is 1. The van der Waals surface area contributed by atoms with Crippen LogP contribution in [-0.2, 0) is 16.8 Å². The van der Waals surface area contributed by atoms with Crippen molar-refractivity contribution in [2.45, 2.75) is 149 Å². The molecule has 0 aliphatic rings. The van der Waals surface area contributed by atoms with Gasteiger partial charge in [0.25, 0.3) is 17.2 Å². The summed E-state index contributed by atoms with van der Waals surface area (Å²) < 4.78 is 12.8. The molecule has 0 saturated heterocycles. The van der Waals surface area contributed by atoms with Crippen molar-refractivity contribution in [3.63, 3.8) is 0 Å². The summed E-state index contributed by atoms with van der Waals surface area (Å²) in [6.45, 7) is 9.69. The quantitative estimate of drug-likeness (QED) is 0.0549. The highest BCUT2D eigenvalue weighted by molar-refractivity contribution is 5.95. The largest absolute Gasteiger partial charge is 0.489 e. The lowest BCUT2D eigenvalue weighted by atomic mass is 9.91. The zero-order valence-corrected chi connectivity index (χ0v) is 33.0. The molecule has 0 spiro atoms. The Bertz CT molecular complexity index is 1650. The van der Waals surface area contributed by atoms with Gasteiger partial charge in [0.05, 0.1) is 10.5 Å². The molecule has 1 heterocycles. The number of ether oxygens (including phenoxy) is 1. The first-order valence-electron chi connectivity index (χ1n) is 19.6. The van der Waals surface area contributed by atoms with E-state index in [0.29, 0.717) is 23.7 Å². The lowest BCUT2D eigenvalue weighted by molar-refractivity contribution is -0.384. The van der Waals surface area contributed by atoms with Crippen molar-refractivity contribution < 1.29 is 23.8 Å². The van der Waals surface area contributed by atoms with Gasteiger partial charge in [-0.1, -0.05) is 124 Å². The number of nitro benzene ring substituents is 1. The lowest BCUT2D eigenvalue weighted by Crippen LogP contribution is -2.28. The maximum Gasteiger partial charge on any atom is 0.297 e. The second-order valence-corrected chi connectivity index (χ2v) is 15.2. The molecule has 0 fully saturated rings. The molecule has 2 amide bonds. The van der Waals surface area contributed by atoms with E-state index in [1.165, 1.54) is 109 Å². The Kier molecular flexibility index (Phi) is 17.8. The Morgan fingerprint density at radius 3 is 1.87 bits per heavy atom. The second-order valence-electron chi connectivity index (χ2n) is 15.2. The molecule has 0 aliphatic carbocycles. The standard InChI is InChI=1S/C42H62N4O7/c1-7-8-9-10-11-12-13-14-15-16-17-18-19-20-21-22-29-44(6)40(48)33-23-28-37(38(30-33)46(50)51)45-41(49)36(39(53-45)42(3,4)5)31-52-35-26-24-34(25-27-35)43-32(2)47/h23-28,30H,7-22,29,31H2,1-6H3,(H,43,47). The Morgan fingerprint density at radius 2 is 1.38 bits per heavy atom. The first kappa shape index (κ1) is 43.0. The number of aromatic nitrogens is 1. The fourth-order valence-corrected chi connectivity index (χ4v) is 6.47. The molecule has 11 nitrogen and oxygen atoms in total. The average molecular weight is 735 g/mol. The number of rotatable bonds is 24. The van der Waals surface area contributed by atoms with Crippen molar-refractivity contribution in [3.8, 4) is 11.4 Å². The average Bonchev–Trinajstić information content (AvgIpc) is 3.46. The minimum atomic E-state index is -0.627. The molecular weight excluding hydrogens is 672 g/mol. The molecule has 0 saturated carbocycles. The number of carbonyl (C=O) groups is 2. The fourth-order valence-electron chi connectivity index (χ4n) is 6.47. The predicted octanol–water partition coefficient (Wildman–Crippen LogP) is 10.5. The van der Waals surface area contributed by atoms with Gasteiger partial charge in [0.15, 0.2) is 11.4 Å². The number of nitro groups is 1. The Hall–Kier alpha value is -4.41. The normalized spacial score (nSPS) is 11.4. The van der Waals surface area contributed by atoms with Crippen molar-refractivity contribution >= 4 is 23.2 Å². The molecule has 0 aliphatic heterocycles. The smallest absolute Gasteiger partial charge is 0.297 e. The molecule has 53 heavy (non-hydrogen) atoms. The van der Waals surface area contributed by atoms with Crippen LogP contribution in [0.1, 0.15) is 159 Å². The van der Waals surface area contributed by atoms with Gasteiger partial charge in [0.2, 0.25) is 5.91 Å². The number of carbonyl (C=O) groups excluding carboxylic acids is 2. The number of unbranched alkanes of at least 4 members (excludes halogenated alkanes) is 15. The molecule has 0 atom stereocenters. The van der Waals surface area contributed by atoms with E-state index in [9.17, 15) is 24.5 Å². The Balaban J connectivity index is 1.53. The lowest BCUT2D eigenvalue weighted by Gasteiger charge is -2.17. The van der Waals surface area contributed by atoms with Gasteiger partial charge in [-0.2, -0.15) is 0 Å². The van der Waals surface area contributed by atoms with Crippen LogP contribution in [0.4, 0.5) is 11.4 Å². The molecule has 1 N–H and O–H groups in total. The van der Waals surface area contributed by atoms with E-state index < -0.39 is 21.6 Å². The van der Waals surface area contributed by atoms with E-state index in [1.807, 2.05) is 20.8 Å². The zero-order chi connectivity index (χ0) is 38.8. The second kappa shape index (κ2) is 22.0. The van der Waals surface area contributed by atoms with Crippen LogP contribution in [0.5, 0.6) is 5.75 Å². The van der Waals surface area contributed by atoms with Crippen molar-refractivity contribution in [1.29, 1.82) is 0 Å². The number of benzene rings is 2. The summed E-state index contributed by atoms with van der Waals surface area (Å²) >= 11 is 0. The topological polar surface area (TPSA) is 137 Å². The van der Waals surface area contributed by atoms with Crippen LogP contribution in [0.2, 0.25) is 0 Å². The molecule has 3 rings (SSSR count). The van der Waals surface area contributed by atoms with Gasteiger partial charge in [-0.25, -0.2) is 0 Å². The third kappa shape index (κ3) is 14.2. The number of hydrogen-bond donors (Lipinski definition) is 1. The van der Waals surface area contributed by atoms with Gasteiger partial charge in [-0.05, 0) is 42.8 Å². The van der Waals surface area contributed by atoms with Crippen molar-refractivity contribution in [2.75, 3.05) is 18.9 Å². The minimum absolute atomic E-state index is 0.0755. The molecule has 0 unspecified atom stereocenters. The minimum Gasteiger partial charge on any atom is -0.489 e. The summed E-state index contributed by atoms with van der Waals surface area (Å²) in [6.07, 6.45) is 20.4. The highest BCUT2D eigenvalue weighted by Gasteiger charge is 2.31. The molecule has 1 aromatic heterocycles. The number of hydrogen-bond acceptors (Lipinski definition) is 7. The van der Waals surface area contributed by atoms with Crippen LogP contribution in [0, 0.1) is 10.1 Å². The van der Waals surface area contributed by atoms with Crippen LogP contribution in [0.15, 0.2) is 51.8 Å². The zero-order valence-electron chi connectivity index (χ0n) is 33.0. The van der Waals surface area contributed by atoms with Gasteiger partial charge in [0.1, 0.15) is 12.4 Å². The van der Waals surface area contributed by atoms with E-state index in [-0.39, 0.29) is 35.2 Å². The molecule has 0 radical (unpaired) electrons. The summed E-state index contributed by atoms with van der Waals surface area (Å²) in [4.78, 5) is 51.6. The van der Waals surface area contributed by atoms with Crippen molar-refractivity contribution in [1.82, 2.24) is 9.64 Å². The SMILES string of the molecule is CCCCCCCCCCCCCCCCCCN(C)C(=O)c1ccc(-n2oc(C(C)(C)C)c(COc3ccc(NC(C)=O)cc3)c2=O)c([N+](=O)[O-])c1. The van der Waals surface area contributed by atoms with Crippen LogP contribution < -0.4 is 15.6 Å². The molecule has 11 heteroatoms. The Labute approximate surface area is 315 Å². The van der Waals surface area contributed by atoms with E-state index in [2.05, 4.69) is 12.2 Å². The number of nitrogens with one attached hydrogen (secondary N) is 1. The van der Waals surface area contributed by atoms with Gasteiger partial charge in [-0.15, -0.1) is 4.74 Å². The predicted molar refractivity (Wildman–Crippen MR) is 211 cm³/mol. The van der Waals surface area contributed by atoms with Crippen LogP contribution in [-0.4, -0.2) is 40.0 Å². The summed E-state index contributed by atoms with van der Waals surface area (Å²) in [5.41, 5.74) is -0.715. The molecule has 2 aromatic carbocycles. The fraction of sp³-hybridized carbons (Fsp3) is 0.595. The van der Waals surface area contributed by atoms with Crippen molar-refractivity contribution in [2.24, 2.45) is 0 Å². The summed E-state index contributed by atoms with van der Waals surface area (Å²) in [5, 5.41) is 14.9. The summed E-state index contributed by atoms with van der Waals surface area (Å²) in [6, 6.07) is 10.8. The maximum absolute atomic E-state index is 13.7. The highest BCUT2D eigenvalue weighted by atomic mass is 16.6. The molecule has 292 valence electrons.